The summed E-state index contributed by atoms with van der Waals surface area (Å²) in [7, 11) is 6.55. The Bertz CT molecular complexity index is 587. The van der Waals surface area contributed by atoms with Gasteiger partial charge in [-0.1, -0.05) is 28.1 Å². The van der Waals surface area contributed by atoms with Crippen LogP contribution in [0, 0.1) is 0 Å². The molecule has 0 saturated heterocycles. The number of methoxy groups -OCH3 is 4. The van der Waals surface area contributed by atoms with E-state index in [1.807, 2.05) is 36.4 Å². The number of ether oxygens (including phenoxy) is 4. The molecule has 0 aliphatic heterocycles. The van der Waals surface area contributed by atoms with Crippen molar-refractivity contribution in [3.8, 4) is 23.0 Å². The van der Waals surface area contributed by atoms with Gasteiger partial charge >= 0.3 is 0 Å². The molecular weight excluding hydrogens is 348 g/mol. The first-order valence-corrected chi connectivity index (χ1v) is 7.64. The topological polar surface area (TPSA) is 36.9 Å². The Morgan fingerprint density at radius 3 is 1.41 bits per heavy atom. The highest BCUT2D eigenvalue weighted by Crippen LogP contribution is 2.42. The lowest BCUT2D eigenvalue weighted by Crippen LogP contribution is -2.00. The smallest absolute Gasteiger partial charge is 0.127 e. The minimum atomic E-state index is -0.0748. The molecule has 2 aromatic rings. The monoisotopic (exact) mass is 366 g/mol. The fourth-order valence-corrected chi connectivity index (χ4v) is 2.98. The standard InChI is InChI=1S/C17H19BrO4/c1-19-11-5-7-13(15(9-11)21-3)17(18)14-8-6-12(20-2)10-16(14)22-4/h5-10,17H,1-4H3. The summed E-state index contributed by atoms with van der Waals surface area (Å²) in [6, 6.07) is 11.5. The summed E-state index contributed by atoms with van der Waals surface area (Å²) in [5.41, 5.74) is 1.98. The van der Waals surface area contributed by atoms with Gasteiger partial charge in [0.05, 0.1) is 33.3 Å². The molecule has 118 valence electrons. The Kier molecular flexibility index (Phi) is 5.55. The number of hydrogen-bond donors (Lipinski definition) is 0. The van der Waals surface area contributed by atoms with Crippen molar-refractivity contribution in [3.63, 3.8) is 0 Å². The Morgan fingerprint density at radius 2 is 1.09 bits per heavy atom. The van der Waals surface area contributed by atoms with Gasteiger partial charge < -0.3 is 18.9 Å². The van der Waals surface area contributed by atoms with E-state index in [2.05, 4.69) is 15.9 Å². The lowest BCUT2D eigenvalue weighted by Gasteiger charge is -2.18. The summed E-state index contributed by atoms with van der Waals surface area (Å²) >= 11 is 3.73. The van der Waals surface area contributed by atoms with E-state index in [0.717, 1.165) is 34.1 Å². The number of alkyl halides is 1. The Labute approximate surface area is 139 Å². The van der Waals surface area contributed by atoms with E-state index in [0.29, 0.717) is 0 Å². The summed E-state index contributed by atoms with van der Waals surface area (Å²) in [5, 5.41) is 0. The van der Waals surface area contributed by atoms with E-state index < -0.39 is 0 Å². The maximum atomic E-state index is 5.47. The predicted molar refractivity (Wildman–Crippen MR) is 89.9 cm³/mol. The van der Waals surface area contributed by atoms with Crippen LogP contribution < -0.4 is 18.9 Å². The average molecular weight is 367 g/mol. The fourth-order valence-electron chi connectivity index (χ4n) is 2.22. The summed E-state index contributed by atoms with van der Waals surface area (Å²) < 4.78 is 21.4. The largest absolute Gasteiger partial charge is 0.497 e. The van der Waals surface area contributed by atoms with Crippen LogP contribution in [-0.4, -0.2) is 28.4 Å². The molecule has 0 atom stereocenters. The lowest BCUT2D eigenvalue weighted by atomic mass is 10.0. The Hall–Kier alpha value is -1.88. The molecule has 0 saturated carbocycles. The van der Waals surface area contributed by atoms with Gasteiger partial charge in [0.15, 0.2) is 0 Å². The van der Waals surface area contributed by atoms with Crippen LogP contribution in [0.5, 0.6) is 23.0 Å². The highest BCUT2D eigenvalue weighted by molar-refractivity contribution is 9.09. The fraction of sp³-hybridized carbons (Fsp3) is 0.294. The number of rotatable bonds is 6. The van der Waals surface area contributed by atoms with Crippen molar-refractivity contribution in [2.75, 3.05) is 28.4 Å². The van der Waals surface area contributed by atoms with Gasteiger partial charge in [0.1, 0.15) is 23.0 Å². The molecule has 0 N–H and O–H groups in total. The average Bonchev–Trinajstić information content (AvgIpc) is 2.59. The molecule has 0 radical (unpaired) electrons. The predicted octanol–water partition coefficient (Wildman–Crippen LogP) is 4.21. The van der Waals surface area contributed by atoms with Crippen LogP contribution in [-0.2, 0) is 0 Å². The molecule has 0 bridgehead atoms. The molecule has 0 heterocycles. The molecule has 0 aliphatic carbocycles. The van der Waals surface area contributed by atoms with Crippen LogP contribution in [0.2, 0.25) is 0 Å². The summed E-state index contributed by atoms with van der Waals surface area (Å²) in [4.78, 5) is -0.0748. The minimum Gasteiger partial charge on any atom is -0.497 e. The maximum Gasteiger partial charge on any atom is 0.127 e. The molecule has 2 rings (SSSR count). The molecule has 0 unspecified atom stereocenters. The molecule has 0 amide bonds. The van der Waals surface area contributed by atoms with Crippen LogP contribution in [0.1, 0.15) is 16.0 Å². The number of hydrogen-bond acceptors (Lipinski definition) is 4. The molecule has 4 nitrogen and oxygen atoms in total. The SMILES string of the molecule is COc1ccc(C(Br)c2ccc(OC)cc2OC)c(OC)c1. The second-order valence-corrected chi connectivity index (χ2v) is 5.49. The molecule has 0 aliphatic rings. The van der Waals surface area contributed by atoms with E-state index in [4.69, 9.17) is 18.9 Å². The Morgan fingerprint density at radius 1 is 0.682 bits per heavy atom. The van der Waals surface area contributed by atoms with E-state index >= 15 is 0 Å². The van der Waals surface area contributed by atoms with Crippen LogP contribution >= 0.6 is 15.9 Å². The van der Waals surface area contributed by atoms with Crippen molar-refractivity contribution >= 4 is 15.9 Å². The van der Waals surface area contributed by atoms with Gasteiger partial charge in [-0.2, -0.15) is 0 Å². The van der Waals surface area contributed by atoms with Crippen LogP contribution in [0.3, 0.4) is 0 Å². The normalized spacial score (nSPS) is 10.5. The molecule has 22 heavy (non-hydrogen) atoms. The van der Waals surface area contributed by atoms with Gasteiger partial charge in [-0.25, -0.2) is 0 Å². The molecular formula is C17H19BrO4. The summed E-state index contributed by atoms with van der Waals surface area (Å²) in [6.45, 7) is 0. The van der Waals surface area contributed by atoms with Crippen molar-refractivity contribution in [3.05, 3.63) is 47.5 Å². The van der Waals surface area contributed by atoms with Crippen molar-refractivity contribution in [2.45, 2.75) is 4.83 Å². The van der Waals surface area contributed by atoms with Crippen molar-refractivity contribution in [2.24, 2.45) is 0 Å². The van der Waals surface area contributed by atoms with Crippen LogP contribution in [0.4, 0.5) is 0 Å². The van der Waals surface area contributed by atoms with Gasteiger partial charge in [0.2, 0.25) is 0 Å². The van der Waals surface area contributed by atoms with Crippen molar-refractivity contribution in [1.29, 1.82) is 0 Å². The Balaban J connectivity index is 2.45. The van der Waals surface area contributed by atoms with E-state index in [1.54, 1.807) is 28.4 Å². The van der Waals surface area contributed by atoms with Gasteiger partial charge in [-0.3, -0.25) is 0 Å². The lowest BCUT2D eigenvalue weighted by molar-refractivity contribution is 0.388. The molecule has 0 aromatic heterocycles. The van der Waals surface area contributed by atoms with Crippen LogP contribution in [0.25, 0.3) is 0 Å². The third kappa shape index (κ3) is 3.30. The molecule has 0 fully saturated rings. The van der Waals surface area contributed by atoms with Gasteiger partial charge in [0, 0.05) is 23.3 Å². The van der Waals surface area contributed by atoms with Gasteiger partial charge in [-0.05, 0) is 12.1 Å². The quantitative estimate of drug-likeness (QED) is 0.717. The summed E-state index contributed by atoms with van der Waals surface area (Å²) in [5.74, 6) is 3.00. The molecule has 2 aromatic carbocycles. The van der Waals surface area contributed by atoms with Crippen molar-refractivity contribution in [1.82, 2.24) is 0 Å². The number of benzene rings is 2. The van der Waals surface area contributed by atoms with Crippen LogP contribution in [0.15, 0.2) is 36.4 Å². The molecule has 0 spiro atoms. The van der Waals surface area contributed by atoms with Gasteiger partial charge in [-0.15, -0.1) is 0 Å². The highest BCUT2D eigenvalue weighted by atomic mass is 79.9. The zero-order valence-corrected chi connectivity index (χ0v) is 14.6. The maximum absolute atomic E-state index is 5.47. The first kappa shape index (κ1) is 16.5. The zero-order chi connectivity index (χ0) is 16.1. The van der Waals surface area contributed by atoms with E-state index in [1.165, 1.54) is 0 Å². The van der Waals surface area contributed by atoms with Crippen molar-refractivity contribution < 1.29 is 18.9 Å². The summed E-state index contributed by atoms with van der Waals surface area (Å²) in [6.07, 6.45) is 0. The minimum absolute atomic E-state index is 0.0748. The number of halogens is 1. The van der Waals surface area contributed by atoms with E-state index in [-0.39, 0.29) is 4.83 Å². The third-order valence-corrected chi connectivity index (χ3v) is 4.41. The third-order valence-electron chi connectivity index (χ3n) is 3.43. The first-order chi connectivity index (χ1) is 10.6. The van der Waals surface area contributed by atoms with E-state index in [9.17, 15) is 0 Å². The first-order valence-electron chi connectivity index (χ1n) is 6.72. The second kappa shape index (κ2) is 7.40. The zero-order valence-electron chi connectivity index (χ0n) is 13.1. The van der Waals surface area contributed by atoms with Gasteiger partial charge in [0.25, 0.3) is 0 Å². The second-order valence-electron chi connectivity index (χ2n) is 4.58. The highest BCUT2D eigenvalue weighted by Gasteiger charge is 2.20. The molecule has 5 heteroatoms.